The lowest BCUT2D eigenvalue weighted by atomic mass is 9.87. The molecular formula is C10H15F. The van der Waals surface area contributed by atoms with Crippen molar-refractivity contribution in [2.75, 3.05) is 0 Å². The second-order valence-corrected chi connectivity index (χ2v) is 3.55. The summed E-state index contributed by atoms with van der Waals surface area (Å²) >= 11 is 0. The number of allylic oxidation sites excluding steroid dienone is 4. The van der Waals surface area contributed by atoms with Gasteiger partial charge in [-0.25, -0.2) is 4.39 Å². The summed E-state index contributed by atoms with van der Waals surface area (Å²) in [5.74, 6) is 1.12. The van der Waals surface area contributed by atoms with Crippen molar-refractivity contribution in [2.24, 2.45) is 11.8 Å². The van der Waals surface area contributed by atoms with E-state index in [1.54, 1.807) is 6.08 Å². The molecule has 0 radical (unpaired) electrons. The van der Waals surface area contributed by atoms with Gasteiger partial charge >= 0.3 is 0 Å². The van der Waals surface area contributed by atoms with Crippen LogP contribution < -0.4 is 0 Å². The van der Waals surface area contributed by atoms with Crippen LogP contribution in [0.25, 0.3) is 0 Å². The molecule has 1 atom stereocenters. The Balaban J connectivity index is 2.69. The van der Waals surface area contributed by atoms with Crippen molar-refractivity contribution >= 4 is 0 Å². The molecule has 0 aromatic rings. The van der Waals surface area contributed by atoms with Gasteiger partial charge in [0.05, 0.1) is 0 Å². The van der Waals surface area contributed by atoms with Crippen LogP contribution in [0.3, 0.4) is 0 Å². The van der Waals surface area contributed by atoms with Crippen LogP contribution in [0.4, 0.5) is 4.39 Å². The molecule has 0 saturated carbocycles. The van der Waals surface area contributed by atoms with E-state index in [9.17, 15) is 4.39 Å². The lowest BCUT2D eigenvalue weighted by Crippen LogP contribution is -2.08. The van der Waals surface area contributed by atoms with E-state index in [-0.39, 0.29) is 5.83 Å². The molecule has 0 spiro atoms. The largest absolute Gasteiger partial charge is 0.207 e. The third kappa shape index (κ3) is 1.92. The molecule has 1 unspecified atom stereocenters. The van der Waals surface area contributed by atoms with E-state index in [0.717, 1.165) is 12.0 Å². The summed E-state index contributed by atoms with van der Waals surface area (Å²) in [6, 6.07) is 0. The van der Waals surface area contributed by atoms with Crippen LogP contribution in [0.2, 0.25) is 0 Å². The van der Waals surface area contributed by atoms with Crippen LogP contribution in [0, 0.1) is 11.8 Å². The van der Waals surface area contributed by atoms with Gasteiger partial charge in [-0.3, -0.25) is 0 Å². The van der Waals surface area contributed by atoms with Crippen LogP contribution in [-0.2, 0) is 0 Å². The molecule has 0 bridgehead atoms. The molecule has 0 saturated heterocycles. The van der Waals surface area contributed by atoms with Crippen molar-refractivity contribution in [3.63, 3.8) is 0 Å². The van der Waals surface area contributed by atoms with Crippen molar-refractivity contribution in [2.45, 2.75) is 27.2 Å². The summed E-state index contributed by atoms with van der Waals surface area (Å²) in [7, 11) is 0. The smallest absolute Gasteiger partial charge is 0.121 e. The summed E-state index contributed by atoms with van der Waals surface area (Å²) in [5, 5.41) is 0. The van der Waals surface area contributed by atoms with Gasteiger partial charge < -0.3 is 0 Å². The summed E-state index contributed by atoms with van der Waals surface area (Å²) in [6.45, 7) is 6.18. The molecular weight excluding hydrogens is 139 g/mol. The molecule has 0 heterocycles. The summed E-state index contributed by atoms with van der Waals surface area (Å²) in [4.78, 5) is 0. The first-order chi connectivity index (χ1) is 5.11. The van der Waals surface area contributed by atoms with Crippen molar-refractivity contribution < 1.29 is 4.39 Å². The number of rotatable bonds is 1. The molecule has 0 aromatic carbocycles. The van der Waals surface area contributed by atoms with Gasteiger partial charge in [0.2, 0.25) is 0 Å². The molecule has 0 N–H and O–H groups in total. The molecule has 0 fully saturated rings. The average Bonchev–Trinajstić information content (AvgIpc) is 1.94. The van der Waals surface area contributed by atoms with Gasteiger partial charge in [0, 0.05) is 0 Å². The third-order valence-corrected chi connectivity index (χ3v) is 2.27. The fourth-order valence-corrected chi connectivity index (χ4v) is 1.33. The normalized spacial score (nSPS) is 25.0. The van der Waals surface area contributed by atoms with Gasteiger partial charge in [0.1, 0.15) is 5.83 Å². The average molecular weight is 154 g/mol. The zero-order valence-electron chi connectivity index (χ0n) is 7.39. The Kier molecular flexibility index (Phi) is 2.48. The molecule has 11 heavy (non-hydrogen) atoms. The van der Waals surface area contributed by atoms with Crippen molar-refractivity contribution in [3.05, 3.63) is 23.6 Å². The first kappa shape index (κ1) is 8.51. The van der Waals surface area contributed by atoms with E-state index in [0.29, 0.717) is 11.8 Å². The van der Waals surface area contributed by atoms with Crippen LogP contribution in [0.1, 0.15) is 27.2 Å². The first-order valence-electron chi connectivity index (χ1n) is 4.15. The van der Waals surface area contributed by atoms with Gasteiger partial charge in [0.15, 0.2) is 0 Å². The number of hydrogen-bond donors (Lipinski definition) is 0. The van der Waals surface area contributed by atoms with Gasteiger partial charge in [-0.2, -0.15) is 0 Å². The molecule has 0 aromatic heterocycles. The standard InChI is InChI=1S/C10H15F/c1-7(2)9-4-5-10(11)8(3)6-9/h5-7,9H,4H2,1-3H3. The first-order valence-corrected chi connectivity index (χ1v) is 4.15. The van der Waals surface area contributed by atoms with Gasteiger partial charge in [-0.1, -0.05) is 19.9 Å². The van der Waals surface area contributed by atoms with E-state index < -0.39 is 0 Å². The Hall–Kier alpha value is -0.590. The van der Waals surface area contributed by atoms with E-state index in [2.05, 4.69) is 13.8 Å². The molecule has 1 aliphatic carbocycles. The van der Waals surface area contributed by atoms with E-state index in [1.165, 1.54) is 0 Å². The lowest BCUT2D eigenvalue weighted by molar-refractivity contribution is 0.453. The molecule has 0 nitrogen and oxygen atoms in total. The summed E-state index contributed by atoms with van der Waals surface area (Å²) in [6.07, 6.45) is 4.60. The van der Waals surface area contributed by atoms with Crippen LogP contribution in [0.5, 0.6) is 0 Å². The fraction of sp³-hybridized carbons (Fsp3) is 0.600. The Morgan fingerprint density at radius 2 is 2.18 bits per heavy atom. The number of halogens is 1. The molecule has 1 rings (SSSR count). The molecule has 1 heteroatoms. The molecule has 1 aliphatic rings. The molecule has 0 aliphatic heterocycles. The summed E-state index contributed by atoms with van der Waals surface area (Å²) in [5.41, 5.74) is 0.801. The Labute approximate surface area is 67.8 Å². The predicted molar refractivity (Wildman–Crippen MR) is 45.9 cm³/mol. The highest BCUT2D eigenvalue weighted by Gasteiger charge is 2.15. The second-order valence-electron chi connectivity index (χ2n) is 3.55. The van der Waals surface area contributed by atoms with Crippen LogP contribution >= 0.6 is 0 Å². The minimum atomic E-state index is -0.0399. The van der Waals surface area contributed by atoms with Crippen molar-refractivity contribution in [3.8, 4) is 0 Å². The van der Waals surface area contributed by atoms with Crippen LogP contribution in [0.15, 0.2) is 23.6 Å². The van der Waals surface area contributed by atoms with Crippen molar-refractivity contribution in [1.82, 2.24) is 0 Å². The van der Waals surface area contributed by atoms with Crippen LogP contribution in [-0.4, -0.2) is 0 Å². The fourth-order valence-electron chi connectivity index (χ4n) is 1.33. The Morgan fingerprint density at radius 3 is 2.64 bits per heavy atom. The van der Waals surface area contributed by atoms with E-state index in [4.69, 9.17) is 0 Å². The van der Waals surface area contributed by atoms with E-state index in [1.807, 2.05) is 13.0 Å². The Morgan fingerprint density at radius 1 is 1.55 bits per heavy atom. The Bertz CT molecular complexity index is 199. The van der Waals surface area contributed by atoms with Gasteiger partial charge in [0.25, 0.3) is 0 Å². The van der Waals surface area contributed by atoms with Gasteiger partial charge in [-0.05, 0) is 36.8 Å². The highest BCUT2D eigenvalue weighted by Crippen LogP contribution is 2.27. The quantitative estimate of drug-likeness (QED) is 0.542. The number of hydrogen-bond acceptors (Lipinski definition) is 0. The SMILES string of the molecule is CC1=CC(C(C)C)CC=C1F. The third-order valence-electron chi connectivity index (χ3n) is 2.27. The highest BCUT2D eigenvalue weighted by molar-refractivity contribution is 5.27. The maximum atomic E-state index is 12.8. The van der Waals surface area contributed by atoms with Crippen molar-refractivity contribution in [1.29, 1.82) is 0 Å². The van der Waals surface area contributed by atoms with Gasteiger partial charge in [-0.15, -0.1) is 0 Å². The topological polar surface area (TPSA) is 0 Å². The monoisotopic (exact) mass is 154 g/mol. The van der Waals surface area contributed by atoms with E-state index >= 15 is 0 Å². The molecule has 0 amide bonds. The predicted octanol–water partition coefficient (Wildman–Crippen LogP) is 3.46. The minimum Gasteiger partial charge on any atom is -0.207 e. The minimum absolute atomic E-state index is 0.0399. The second kappa shape index (κ2) is 3.21. The summed E-state index contributed by atoms with van der Waals surface area (Å²) < 4.78 is 12.8. The highest BCUT2D eigenvalue weighted by atomic mass is 19.1. The maximum Gasteiger partial charge on any atom is 0.121 e. The zero-order chi connectivity index (χ0) is 8.43. The maximum absolute atomic E-state index is 12.8. The zero-order valence-corrected chi connectivity index (χ0v) is 7.39. The molecule has 62 valence electrons. The lowest BCUT2D eigenvalue weighted by Gasteiger charge is -2.19.